The highest BCUT2D eigenvalue weighted by Gasteiger charge is 2.21. The second-order valence-corrected chi connectivity index (χ2v) is 6.81. The van der Waals surface area contributed by atoms with E-state index in [4.69, 9.17) is 21.1 Å². The number of hydrogen-bond donors (Lipinski definition) is 0. The molecule has 0 aliphatic carbocycles. The van der Waals surface area contributed by atoms with E-state index in [1.807, 2.05) is 13.0 Å². The number of methoxy groups -OCH3 is 2. The van der Waals surface area contributed by atoms with Crippen molar-refractivity contribution in [1.82, 2.24) is 0 Å². The van der Waals surface area contributed by atoms with E-state index in [0.717, 1.165) is 9.35 Å². The summed E-state index contributed by atoms with van der Waals surface area (Å²) in [4.78, 5) is 13.2. The molecule has 0 N–H and O–H groups in total. The largest absolute Gasteiger partial charge is 0.495 e. The van der Waals surface area contributed by atoms with Gasteiger partial charge < -0.3 is 9.47 Å². The first-order valence-corrected chi connectivity index (χ1v) is 7.69. The molecule has 1 heterocycles. The molecule has 106 valence electrons. The van der Waals surface area contributed by atoms with Gasteiger partial charge in [-0.1, -0.05) is 11.6 Å². The average Bonchev–Trinajstić information content (AvgIpc) is 2.77. The minimum Gasteiger partial charge on any atom is -0.495 e. The number of ketones is 1. The summed E-state index contributed by atoms with van der Waals surface area (Å²) in [7, 11) is 2.99. The van der Waals surface area contributed by atoms with Crippen LogP contribution in [0.5, 0.6) is 11.5 Å². The fraction of sp³-hybridized carbons (Fsp3) is 0.214. The highest BCUT2D eigenvalue weighted by atomic mass is 79.9. The fourth-order valence-electron chi connectivity index (χ4n) is 1.78. The number of aryl methyl sites for hydroxylation is 1. The van der Waals surface area contributed by atoms with Crippen molar-refractivity contribution >= 4 is 44.7 Å². The lowest BCUT2D eigenvalue weighted by Crippen LogP contribution is -2.03. The zero-order chi connectivity index (χ0) is 14.9. The summed E-state index contributed by atoms with van der Waals surface area (Å²) in [6, 6.07) is 5.16. The third-order valence-corrected chi connectivity index (χ3v) is 5.30. The first-order chi connectivity index (χ1) is 9.49. The van der Waals surface area contributed by atoms with E-state index in [2.05, 4.69) is 15.9 Å². The van der Waals surface area contributed by atoms with Crippen LogP contribution in [0.15, 0.2) is 22.0 Å². The first-order valence-electron chi connectivity index (χ1n) is 5.70. The Labute approximate surface area is 134 Å². The molecule has 0 fully saturated rings. The maximum Gasteiger partial charge on any atom is 0.206 e. The number of halogens is 2. The van der Waals surface area contributed by atoms with E-state index in [1.54, 1.807) is 12.1 Å². The van der Waals surface area contributed by atoms with Gasteiger partial charge in [0.25, 0.3) is 0 Å². The third kappa shape index (κ3) is 2.71. The molecule has 0 saturated heterocycles. The zero-order valence-electron chi connectivity index (χ0n) is 11.1. The SMILES string of the molecule is COc1ccc(C(=O)c2cc(C)c(Br)s2)c(OC)c1Cl. The predicted octanol–water partition coefficient (Wildman–Crippen LogP) is 4.72. The quantitative estimate of drug-likeness (QED) is 0.725. The van der Waals surface area contributed by atoms with Gasteiger partial charge in [-0.3, -0.25) is 4.79 Å². The number of carbonyl (C=O) groups excluding carboxylic acids is 1. The Hall–Kier alpha value is -1.04. The predicted molar refractivity (Wildman–Crippen MR) is 84.7 cm³/mol. The molecule has 3 nitrogen and oxygen atoms in total. The maximum atomic E-state index is 12.6. The van der Waals surface area contributed by atoms with E-state index in [-0.39, 0.29) is 5.78 Å². The molecule has 2 rings (SSSR count). The van der Waals surface area contributed by atoms with Crippen LogP contribution in [0.25, 0.3) is 0 Å². The topological polar surface area (TPSA) is 35.5 Å². The monoisotopic (exact) mass is 374 g/mol. The summed E-state index contributed by atoms with van der Waals surface area (Å²) < 4.78 is 11.3. The van der Waals surface area contributed by atoms with Crippen LogP contribution in [0.2, 0.25) is 5.02 Å². The second-order valence-electron chi connectivity index (χ2n) is 4.06. The normalized spacial score (nSPS) is 10.4. The fourth-order valence-corrected chi connectivity index (χ4v) is 3.59. The molecule has 0 aliphatic rings. The Bertz CT molecular complexity index is 647. The van der Waals surface area contributed by atoms with E-state index >= 15 is 0 Å². The van der Waals surface area contributed by atoms with Gasteiger partial charge in [0.15, 0.2) is 5.75 Å². The van der Waals surface area contributed by atoms with Crippen LogP contribution in [-0.4, -0.2) is 20.0 Å². The third-order valence-electron chi connectivity index (χ3n) is 2.81. The molecule has 20 heavy (non-hydrogen) atoms. The van der Waals surface area contributed by atoms with Crippen LogP contribution in [-0.2, 0) is 0 Å². The number of carbonyl (C=O) groups is 1. The maximum absolute atomic E-state index is 12.6. The summed E-state index contributed by atoms with van der Waals surface area (Å²) >= 11 is 11.0. The summed E-state index contributed by atoms with van der Waals surface area (Å²) in [6.07, 6.45) is 0. The number of hydrogen-bond acceptors (Lipinski definition) is 4. The number of benzene rings is 1. The molecule has 6 heteroatoms. The molecule has 0 atom stereocenters. The molecule has 0 aliphatic heterocycles. The smallest absolute Gasteiger partial charge is 0.206 e. The number of ether oxygens (including phenoxy) is 2. The van der Waals surface area contributed by atoms with Crippen molar-refractivity contribution < 1.29 is 14.3 Å². The highest BCUT2D eigenvalue weighted by Crippen LogP contribution is 2.39. The van der Waals surface area contributed by atoms with Gasteiger partial charge in [0.05, 0.1) is 28.4 Å². The van der Waals surface area contributed by atoms with E-state index in [1.165, 1.54) is 25.6 Å². The van der Waals surface area contributed by atoms with E-state index < -0.39 is 0 Å². The molecule has 0 radical (unpaired) electrons. The average molecular weight is 376 g/mol. The number of thiophene rings is 1. The Morgan fingerprint density at radius 1 is 1.30 bits per heavy atom. The van der Waals surface area contributed by atoms with Gasteiger partial charge in [0.1, 0.15) is 10.8 Å². The Kier molecular flexibility index (Phi) is 4.73. The van der Waals surface area contributed by atoms with Gasteiger partial charge >= 0.3 is 0 Å². The molecule has 1 aromatic carbocycles. The van der Waals surface area contributed by atoms with Gasteiger partial charge in [-0.05, 0) is 46.6 Å². The summed E-state index contributed by atoms with van der Waals surface area (Å²) in [5, 5.41) is 0.299. The van der Waals surface area contributed by atoms with Crippen molar-refractivity contribution in [3.8, 4) is 11.5 Å². The van der Waals surface area contributed by atoms with Crippen molar-refractivity contribution in [3.63, 3.8) is 0 Å². The minimum absolute atomic E-state index is 0.120. The van der Waals surface area contributed by atoms with Gasteiger partial charge in [0.2, 0.25) is 5.78 Å². The van der Waals surface area contributed by atoms with Crippen LogP contribution >= 0.6 is 38.9 Å². The van der Waals surface area contributed by atoms with Crippen LogP contribution in [0.1, 0.15) is 20.8 Å². The molecule has 0 unspecified atom stereocenters. The van der Waals surface area contributed by atoms with Crippen LogP contribution in [0.4, 0.5) is 0 Å². The Morgan fingerprint density at radius 3 is 2.50 bits per heavy atom. The molecule has 0 spiro atoms. The molecule has 2 aromatic rings. The van der Waals surface area contributed by atoms with Crippen molar-refractivity contribution in [1.29, 1.82) is 0 Å². The molecular weight excluding hydrogens is 364 g/mol. The van der Waals surface area contributed by atoms with Gasteiger partial charge in [-0.25, -0.2) is 0 Å². The minimum atomic E-state index is -0.120. The van der Waals surface area contributed by atoms with Gasteiger partial charge in [-0.2, -0.15) is 0 Å². The summed E-state index contributed by atoms with van der Waals surface area (Å²) in [5.74, 6) is 0.687. The van der Waals surface area contributed by atoms with Crippen LogP contribution in [0, 0.1) is 6.92 Å². The van der Waals surface area contributed by atoms with E-state index in [0.29, 0.717) is 27.0 Å². The van der Waals surface area contributed by atoms with E-state index in [9.17, 15) is 4.79 Å². The van der Waals surface area contributed by atoms with Crippen molar-refractivity contribution in [2.24, 2.45) is 0 Å². The summed E-state index contributed by atoms with van der Waals surface area (Å²) in [6.45, 7) is 1.94. The molecule has 1 aromatic heterocycles. The second kappa shape index (κ2) is 6.16. The standard InChI is InChI=1S/C14H12BrClO3S/c1-7-6-10(20-14(7)15)12(17)8-4-5-9(18-2)11(16)13(8)19-3/h4-6H,1-3H3. The molecule has 0 amide bonds. The summed E-state index contributed by atoms with van der Waals surface area (Å²) in [5.41, 5.74) is 1.45. The van der Waals surface area contributed by atoms with Crippen LogP contribution < -0.4 is 9.47 Å². The van der Waals surface area contributed by atoms with Crippen molar-refractivity contribution in [3.05, 3.63) is 43.0 Å². The number of rotatable bonds is 4. The lowest BCUT2D eigenvalue weighted by molar-refractivity contribution is 0.103. The van der Waals surface area contributed by atoms with Crippen LogP contribution in [0.3, 0.4) is 0 Å². The highest BCUT2D eigenvalue weighted by molar-refractivity contribution is 9.11. The molecular formula is C14H12BrClO3S. The van der Waals surface area contributed by atoms with Crippen molar-refractivity contribution in [2.75, 3.05) is 14.2 Å². The zero-order valence-corrected chi connectivity index (χ0v) is 14.3. The lowest BCUT2D eigenvalue weighted by atomic mass is 10.1. The van der Waals surface area contributed by atoms with Gasteiger partial charge in [0, 0.05) is 0 Å². The Balaban J connectivity index is 2.52. The molecule has 0 saturated carbocycles. The Morgan fingerprint density at radius 2 is 2.00 bits per heavy atom. The van der Waals surface area contributed by atoms with Gasteiger partial charge in [-0.15, -0.1) is 11.3 Å². The first kappa shape index (κ1) is 15.4. The lowest BCUT2D eigenvalue weighted by Gasteiger charge is -2.11. The van der Waals surface area contributed by atoms with Crippen molar-refractivity contribution in [2.45, 2.75) is 6.92 Å². The molecule has 0 bridgehead atoms.